The molecule has 15 atom stereocenters. The average Bonchev–Trinajstić information content (AvgIpc) is 3.09. The summed E-state index contributed by atoms with van der Waals surface area (Å²) in [4.78, 5) is 13.8. The largest absolute Gasteiger partial charge is 0.390 e. The summed E-state index contributed by atoms with van der Waals surface area (Å²) in [6, 6.07) is 0. The Labute approximate surface area is 215 Å². The lowest BCUT2D eigenvalue weighted by atomic mass is 9.42. The van der Waals surface area contributed by atoms with Gasteiger partial charge < -0.3 is 30.3 Å². The van der Waals surface area contributed by atoms with E-state index >= 15 is 0 Å². The minimum atomic E-state index is -1.17. The lowest BCUT2D eigenvalue weighted by molar-refractivity contribution is -0.251. The zero-order valence-electron chi connectivity index (χ0n) is 22.6. The molecule has 7 nitrogen and oxygen atoms in total. The molecular formula is C29H48O7. The van der Waals surface area contributed by atoms with E-state index in [2.05, 4.69) is 34.6 Å². The maximum Gasteiger partial charge on any atom is 0.155 e. The van der Waals surface area contributed by atoms with Crippen LogP contribution < -0.4 is 0 Å². The molecule has 0 aromatic heterocycles. The molecule has 1 saturated heterocycles. The Balaban J connectivity index is 1.44. The first-order valence-corrected chi connectivity index (χ1v) is 14.4. The Kier molecular flexibility index (Phi) is 6.96. The van der Waals surface area contributed by atoms with Gasteiger partial charge in [-0.3, -0.25) is 4.79 Å². The van der Waals surface area contributed by atoms with E-state index in [0.29, 0.717) is 37.5 Å². The van der Waals surface area contributed by atoms with Crippen molar-refractivity contribution in [3.63, 3.8) is 0 Å². The van der Waals surface area contributed by atoms with Crippen LogP contribution in [0.4, 0.5) is 0 Å². The maximum atomic E-state index is 13.8. The second kappa shape index (κ2) is 9.27. The lowest BCUT2D eigenvalue weighted by Crippen LogP contribution is -2.68. The molecule has 4 saturated carbocycles. The van der Waals surface area contributed by atoms with Gasteiger partial charge in [0.15, 0.2) is 6.29 Å². The van der Waals surface area contributed by atoms with Crippen LogP contribution in [0.2, 0.25) is 0 Å². The highest BCUT2D eigenvalue weighted by atomic mass is 16.6. The third-order valence-electron chi connectivity index (χ3n) is 12.2. The number of aliphatic hydroxyl groups excluding tert-OH is 5. The monoisotopic (exact) mass is 508 g/mol. The highest BCUT2D eigenvalue weighted by Gasteiger charge is 2.69. The van der Waals surface area contributed by atoms with Gasteiger partial charge in [0.05, 0.1) is 30.5 Å². The van der Waals surface area contributed by atoms with Crippen LogP contribution in [0.3, 0.4) is 0 Å². The number of Topliss-reactive ketones (excluding diaryl/α,β-unsaturated/α-hetero) is 1. The number of rotatable bonds is 3. The van der Waals surface area contributed by atoms with E-state index in [0.717, 1.165) is 19.3 Å². The van der Waals surface area contributed by atoms with E-state index in [9.17, 15) is 30.3 Å². The summed E-state index contributed by atoms with van der Waals surface area (Å²) in [5, 5.41) is 54.3. The Hall–Kier alpha value is -0.570. The van der Waals surface area contributed by atoms with E-state index in [1.54, 1.807) is 0 Å². The molecule has 5 aliphatic rings. The minimum Gasteiger partial charge on any atom is -0.390 e. The smallest absolute Gasteiger partial charge is 0.155 e. The lowest BCUT2D eigenvalue weighted by Gasteiger charge is -2.64. The standard InChI is InChI=1S/C29H48O7/c1-13(2)15-10-20(36-21(32)11-15)14(3)17-12-19(31)23-22-16(6-8-29(17,23)5)28(4)9-7-18(30)25(33)24(28)27(35)26(22)34/h13-18,20-27,30,32-35H,6-12H2,1-5H3/t14?,15?,16?,17?,18-,20?,21?,22?,23?,24?,25?,26?,27-,28-,29-/m1/s1. The van der Waals surface area contributed by atoms with Crippen molar-refractivity contribution in [2.75, 3.05) is 0 Å². The van der Waals surface area contributed by atoms with Crippen molar-refractivity contribution >= 4 is 5.78 Å². The van der Waals surface area contributed by atoms with E-state index in [1.165, 1.54) is 0 Å². The third-order valence-corrected chi connectivity index (χ3v) is 12.2. The van der Waals surface area contributed by atoms with E-state index in [-0.39, 0.29) is 46.9 Å². The predicted molar refractivity (Wildman–Crippen MR) is 133 cm³/mol. The number of hydrogen-bond acceptors (Lipinski definition) is 7. The summed E-state index contributed by atoms with van der Waals surface area (Å²) in [5.41, 5.74) is -0.748. The summed E-state index contributed by atoms with van der Waals surface area (Å²) < 4.78 is 6.06. The molecule has 1 aliphatic heterocycles. The van der Waals surface area contributed by atoms with Gasteiger partial charge in [-0.05, 0) is 72.5 Å². The molecule has 0 radical (unpaired) electrons. The van der Waals surface area contributed by atoms with Crippen LogP contribution in [0, 0.1) is 58.2 Å². The van der Waals surface area contributed by atoms with Gasteiger partial charge in [0.2, 0.25) is 0 Å². The number of carbonyl (C=O) groups is 1. The van der Waals surface area contributed by atoms with Crippen molar-refractivity contribution < 1.29 is 35.1 Å². The van der Waals surface area contributed by atoms with Gasteiger partial charge >= 0.3 is 0 Å². The zero-order valence-corrected chi connectivity index (χ0v) is 22.6. The van der Waals surface area contributed by atoms with Gasteiger partial charge in [-0.25, -0.2) is 0 Å². The van der Waals surface area contributed by atoms with Crippen molar-refractivity contribution in [3.05, 3.63) is 0 Å². The van der Waals surface area contributed by atoms with Crippen molar-refractivity contribution in [1.29, 1.82) is 0 Å². The normalized spacial score (nSPS) is 56.1. The first kappa shape index (κ1) is 27.0. The molecule has 0 amide bonds. The van der Waals surface area contributed by atoms with Gasteiger partial charge in [0, 0.05) is 30.6 Å². The van der Waals surface area contributed by atoms with Crippen LogP contribution in [0.1, 0.15) is 79.6 Å². The summed E-state index contributed by atoms with van der Waals surface area (Å²) in [6.45, 7) is 10.8. The number of ketones is 1. The molecule has 0 aromatic carbocycles. The molecule has 0 bridgehead atoms. The maximum absolute atomic E-state index is 13.8. The van der Waals surface area contributed by atoms with Crippen molar-refractivity contribution in [2.45, 2.75) is 116 Å². The van der Waals surface area contributed by atoms with Gasteiger partial charge in [-0.2, -0.15) is 0 Å². The van der Waals surface area contributed by atoms with E-state index in [4.69, 9.17) is 4.74 Å². The van der Waals surface area contributed by atoms with Gasteiger partial charge in [-0.15, -0.1) is 0 Å². The Morgan fingerprint density at radius 3 is 2.22 bits per heavy atom. The quantitative estimate of drug-likeness (QED) is 0.396. The molecule has 206 valence electrons. The molecule has 0 spiro atoms. The molecule has 1 heterocycles. The Bertz CT molecular complexity index is 847. The molecule has 5 fully saturated rings. The highest BCUT2D eigenvalue weighted by molar-refractivity contribution is 5.85. The van der Waals surface area contributed by atoms with Crippen LogP contribution in [-0.4, -0.2) is 68.1 Å². The van der Waals surface area contributed by atoms with E-state index < -0.39 is 42.0 Å². The first-order valence-electron chi connectivity index (χ1n) is 14.4. The van der Waals surface area contributed by atoms with Crippen LogP contribution in [-0.2, 0) is 9.53 Å². The van der Waals surface area contributed by atoms with Gasteiger partial charge in [0.25, 0.3) is 0 Å². The second-order valence-corrected chi connectivity index (χ2v) is 14.1. The van der Waals surface area contributed by atoms with Crippen LogP contribution >= 0.6 is 0 Å². The molecule has 5 N–H and O–H groups in total. The number of fused-ring (bicyclic) bond motifs is 5. The summed E-state index contributed by atoms with van der Waals surface area (Å²) >= 11 is 0. The van der Waals surface area contributed by atoms with E-state index in [1.807, 2.05) is 0 Å². The SMILES string of the molecule is CC(C)C1CC(O)OC(C(C)C2CC(=O)C3C4C(O)[C@H](O)C5C(O)[C@H](O)CC[C@]5(C)C4CC[C@]23C)C1. The van der Waals surface area contributed by atoms with Gasteiger partial charge in [-0.1, -0.05) is 34.6 Å². The van der Waals surface area contributed by atoms with Crippen LogP contribution in [0.25, 0.3) is 0 Å². The first-order chi connectivity index (χ1) is 16.8. The fraction of sp³-hybridized carbons (Fsp3) is 0.966. The van der Waals surface area contributed by atoms with Crippen molar-refractivity contribution in [1.82, 2.24) is 0 Å². The number of carbonyl (C=O) groups excluding carboxylic acids is 1. The van der Waals surface area contributed by atoms with Gasteiger partial charge in [0.1, 0.15) is 5.78 Å². The fourth-order valence-corrected chi connectivity index (χ4v) is 10.1. The molecule has 5 rings (SSSR count). The molecule has 11 unspecified atom stereocenters. The number of aliphatic hydroxyl groups is 5. The summed E-state index contributed by atoms with van der Waals surface area (Å²) in [5.74, 6) is -0.0824. The second-order valence-electron chi connectivity index (χ2n) is 14.1. The minimum absolute atomic E-state index is 0.0113. The molecule has 7 heteroatoms. The topological polar surface area (TPSA) is 127 Å². The van der Waals surface area contributed by atoms with Crippen LogP contribution in [0.15, 0.2) is 0 Å². The number of ether oxygens (including phenoxy) is 1. The van der Waals surface area contributed by atoms with Crippen molar-refractivity contribution in [2.24, 2.45) is 58.2 Å². The summed E-state index contributed by atoms with van der Waals surface area (Å²) in [7, 11) is 0. The molecule has 0 aromatic rings. The molecule has 4 aliphatic carbocycles. The molecular weight excluding hydrogens is 460 g/mol. The predicted octanol–water partition coefficient (Wildman–Crippen LogP) is 2.50. The Morgan fingerprint density at radius 1 is 0.889 bits per heavy atom. The number of hydrogen-bond donors (Lipinski definition) is 5. The zero-order chi connectivity index (χ0) is 26.3. The molecule has 36 heavy (non-hydrogen) atoms. The third kappa shape index (κ3) is 3.86. The fourth-order valence-electron chi connectivity index (χ4n) is 10.1. The van der Waals surface area contributed by atoms with Crippen LogP contribution in [0.5, 0.6) is 0 Å². The van der Waals surface area contributed by atoms with Crippen molar-refractivity contribution in [3.8, 4) is 0 Å². The average molecular weight is 509 g/mol. The summed E-state index contributed by atoms with van der Waals surface area (Å²) in [6.07, 6.45) is -0.315. The Morgan fingerprint density at radius 2 is 1.56 bits per heavy atom. The highest BCUT2D eigenvalue weighted by Crippen LogP contribution is 2.67.